The van der Waals surface area contributed by atoms with Crippen molar-refractivity contribution in [3.63, 3.8) is 0 Å². The quantitative estimate of drug-likeness (QED) is 0.332. The minimum Gasteiger partial charge on any atom is -0.454 e. The Kier molecular flexibility index (Phi) is 6.50. The van der Waals surface area contributed by atoms with Gasteiger partial charge in [-0.2, -0.15) is 0 Å². The first-order chi connectivity index (χ1) is 14.7. The zero-order valence-corrected chi connectivity index (χ0v) is 17.4. The first-order valence-electron chi connectivity index (χ1n) is 10.1. The normalized spacial score (nSPS) is 15.2. The number of rotatable bonds is 7. The third-order valence-corrected chi connectivity index (χ3v) is 6.13. The van der Waals surface area contributed by atoms with Crippen molar-refractivity contribution in [1.29, 1.82) is 0 Å². The second kappa shape index (κ2) is 9.63. The van der Waals surface area contributed by atoms with Gasteiger partial charge in [-0.3, -0.25) is 4.79 Å². The van der Waals surface area contributed by atoms with Gasteiger partial charge in [-0.1, -0.05) is 48.5 Å². The zero-order valence-electron chi connectivity index (χ0n) is 16.5. The van der Waals surface area contributed by atoms with E-state index in [1.807, 2.05) is 54.6 Å². The summed E-state index contributed by atoms with van der Waals surface area (Å²) in [5.74, 6) is 0.492. The van der Waals surface area contributed by atoms with Crippen LogP contribution in [0, 0.1) is 0 Å². The molecule has 0 aliphatic carbocycles. The first-order valence-corrected chi connectivity index (χ1v) is 11.0. The monoisotopic (exact) mass is 417 g/mol. The number of fused-ring (bicyclic) bond motifs is 1. The molecule has 1 amide bonds. The number of amides is 1. The Balaban J connectivity index is 1.34. The van der Waals surface area contributed by atoms with Gasteiger partial charge in [0.05, 0.1) is 5.56 Å². The molecule has 0 saturated carbocycles. The number of nitrogens with one attached hydrogen (secondary N) is 1. The number of hydrogen-bond acceptors (Lipinski definition) is 4. The van der Waals surface area contributed by atoms with Crippen LogP contribution in [0.3, 0.4) is 0 Å². The zero-order chi connectivity index (χ0) is 20.8. The van der Waals surface area contributed by atoms with Crippen LogP contribution in [0.2, 0.25) is 0 Å². The molecule has 0 fully saturated rings. The van der Waals surface area contributed by atoms with Gasteiger partial charge in [-0.15, -0.1) is 11.8 Å². The standard InChI is InChI=1S/C25H23NO3S/c27-24(26-14-7-15-30-21-10-5-2-6-11-21)19-12-13-22-20(16-19)17-23(29-25(22)28)18-8-3-1-4-9-18/h1-6,8-13,16,23H,7,14-15,17H2,(H,26,27)/t23-/m1/s1. The van der Waals surface area contributed by atoms with Crippen LogP contribution in [0.15, 0.2) is 83.8 Å². The molecule has 1 aliphatic heterocycles. The Labute approximate surface area is 180 Å². The van der Waals surface area contributed by atoms with Gasteiger partial charge in [-0.05, 0) is 53.6 Å². The molecular formula is C25H23NO3S. The summed E-state index contributed by atoms with van der Waals surface area (Å²) in [4.78, 5) is 26.2. The molecule has 3 aromatic rings. The highest BCUT2D eigenvalue weighted by Gasteiger charge is 2.28. The minimum absolute atomic E-state index is 0.113. The summed E-state index contributed by atoms with van der Waals surface area (Å²) < 4.78 is 5.59. The number of benzene rings is 3. The molecule has 1 atom stereocenters. The molecule has 3 aromatic carbocycles. The third kappa shape index (κ3) is 4.92. The summed E-state index contributed by atoms with van der Waals surface area (Å²) in [5.41, 5.74) is 2.93. The fraction of sp³-hybridized carbons (Fsp3) is 0.200. The topological polar surface area (TPSA) is 55.4 Å². The van der Waals surface area contributed by atoms with E-state index in [0.29, 0.717) is 24.1 Å². The molecule has 0 unspecified atom stereocenters. The number of esters is 1. The van der Waals surface area contributed by atoms with Crippen molar-refractivity contribution in [3.05, 3.63) is 101 Å². The van der Waals surface area contributed by atoms with Crippen molar-refractivity contribution in [2.45, 2.75) is 23.8 Å². The lowest BCUT2D eigenvalue weighted by Gasteiger charge is -2.25. The third-order valence-electron chi connectivity index (χ3n) is 5.03. The average Bonchev–Trinajstić information content (AvgIpc) is 2.79. The number of carbonyl (C=O) groups excluding carboxylic acids is 2. The molecule has 4 rings (SSSR count). The van der Waals surface area contributed by atoms with Crippen LogP contribution in [-0.4, -0.2) is 24.2 Å². The van der Waals surface area contributed by atoms with E-state index in [-0.39, 0.29) is 18.0 Å². The van der Waals surface area contributed by atoms with Crippen LogP contribution < -0.4 is 5.32 Å². The van der Waals surface area contributed by atoms with Crippen molar-refractivity contribution >= 4 is 23.6 Å². The SMILES string of the molecule is O=C(NCCCSc1ccccc1)c1ccc2c(c1)C[C@H](c1ccccc1)OC2=O. The van der Waals surface area contributed by atoms with E-state index >= 15 is 0 Å². The molecular weight excluding hydrogens is 394 g/mol. The lowest BCUT2D eigenvalue weighted by Crippen LogP contribution is -2.26. The number of hydrogen-bond donors (Lipinski definition) is 1. The van der Waals surface area contributed by atoms with Gasteiger partial charge in [0.1, 0.15) is 6.10 Å². The summed E-state index contributed by atoms with van der Waals surface area (Å²) in [7, 11) is 0. The minimum atomic E-state index is -0.338. The molecule has 0 spiro atoms. The molecule has 0 bridgehead atoms. The number of carbonyl (C=O) groups is 2. The second-order valence-corrected chi connectivity index (χ2v) is 8.32. The highest BCUT2D eigenvalue weighted by atomic mass is 32.2. The summed E-state index contributed by atoms with van der Waals surface area (Å²) in [6, 6.07) is 25.1. The van der Waals surface area contributed by atoms with E-state index in [0.717, 1.165) is 23.3 Å². The fourth-order valence-electron chi connectivity index (χ4n) is 3.47. The van der Waals surface area contributed by atoms with Crippen molar-refractivity contribution < 1.29 is 14.3 Å². The first kappa shape index (κ1) is 20.2. The van der Waals surface area contributed by atoms with Crippen LogP contribution in [0.4, 0.5) is 0 Å². The average molecular weight is 418 g/mol. The highest BCUT2D eigenvalue weighted by molar-refractivity contribution is 7.99. The molecule has 5 heteroatoms. The van der Waals surface area contributed by atoms with Crippen molar-refractivity contribution in [1.82, 2.24) is 5.32 Å². The fourth-order valence-corrected chi connectivity index (χ4v) is 4.35. The Hall–Kier alpha value is -3.05. The maximum Gasteiger partial charge on any atom is 0.339 e. The van der Waals surface area contributed by atoms with Crippen LogP contribution >= 0.6 is 11.8 Å². The summed E-state index contributed by atoms with van der Waals surface area (Å²) >= 11 is 1.78. The van der Waals surface area contributed by atoms with E-state index in [1.54, 1.807) is 23.9 Å². The van der Waals surface area contributed by atoms with E-state index in [2.05, 4.69) is 17.4 Å². The maximum atomic E-state index is 12.6. The summed E-state index contributed by atoms with van der Waals surface area (Å²) in [6.45, 7) is 0.616. The van der Waals surface area contributed by atoms with Gasteiger partial charge in [0.25, 0.3) is 5.91 Å². The Morgan fingerprint density at radius 2 is 1.73 bits per heavy atom. The molecule has 1 N–H and O–H groups in total. The predicted molar refractivity (Wildman–Crippen MR) is 119 cm³/mol. The Morgan fingerprint density at radius 1 is 1.00 bits per heavy atom. The van der Waals surface area contributed by atoms with Gasteiger partial charge in [0, 0.05) is 23.4 Å². The van der Waals surface area contributed by atoms with E-state index in [9.17, 15) is 9.59 Å². The van der Waals surface area contributed by atoms with Crippen molar-refractivity contribution in [3.8, 4) is 0 Å². The lowest BCUT2D eigenvalue weighted by molar-refractivity contribution is 0.0252. The smallest absolute Gasteiger partial charge is 0.339 e. The van der Waals surface area contributed by atoms with E-state index < -0.39 is 0 Å². The molecule has 0 saturated heterocycles. The van der Waals surface area contributed by atoms with Crippen molar-refractivity contribution in [2.24, 2.45) is 0 Å². The molecule has 0 aromatic heterocycles. The van der Waals surface area contributed by atoms with Crippen molar-refractivity contribution in [2.75, 3.05) is 12.3 Å². The molecule has 30 heavy (non-hydrogen) atoms. The molecule has 1 heterocycles. The van der Waals surface area contributed by atoms with Crippen LogP contribution in [0.5, 0.6) is 0 Å². The van der Waals surface area contributed by atoms with Gasteiger partial charge in [-0.25, -0.2) is 4.79 Å². The largest absolute Gasteiger partial charge is 0.454 e. The van der Waals surface area contributed by atoms with E-state index in [1.165, 1.54) is 4.90 Å². The van der Waals surface area contributed by atoms with E-state index in [4.69, 9.17) is 4.74 Å². The molecule has 4 nitrogen and oxygen atoms in total. The van der Waals surface area contributed by atoms with Crippen LogP contribution in [-0.2, 0) is 11.2 Å². The maximum absolute atomic E-state index is 12.6. The van der Waals surface area contributed by atoms with Crippen LogP contribution in [0.1, 0.15) is 44.4 Å². The van der Waals surface area contributed by atoms with Crippen LogP contribution in [0.25, 0.3) is 0 Å². The molecule has 0 radical (unpaired) electrons. The second-order valence-electron chi connectivity index (χ2n) is 7.15. The number of ether oxygens (including phenoxy) is 1. The lowest BCUT2D eigenvalue weighted by atomic mass is 9.93. The number of thioether (sulfide) groups is 1. The summed E-state index contributed by atoms with van der Waals surface area (Å²) in [6.07, 6.45) is 1.14. The summed E-state index contributed by atoms with van der Waals surface area (Å²) in [5, 5.41) is 2.98. The number of cyclic esters (lactones) is 1. The molecule has 1 aliphatic rings. The highest BCUT2D eigenvalue weighted by Crippen LogP contribution is 2.31. The van der Waals surface area contributed by atoms with Gasteiger partial charge < -0.3 is 10.1 Å². The molecule has 152 valence electrons. The Morgan fingerprint density at radius 3 is 2.50 bits per heavy atom. The van der Waals surface area contributed by atoms with Gasteiger partial charge in [0.2, 0.25) is 0 Å². The van der Waals surface area contributed by atoms with Gasteiger partial charge in [0.15, 0.2) is 0 Å². The van der Waals surface area contributed by atoms with Gasteiger partial charge >= 0.3 is 5.97 Å². The predicted octanol–water partition coefficient (Wildman–Crippen LogP) is 5.05. The Bertz CT molecular complexity index is 1020.